The van der Waals surface area contributed by atoms with Gasteiger partial charge in [-0.15, -0.1) is 0 Å². The van der Waals surface area contributed by atoms with E-state index in [9.17, 15) is 13.8 Å². The summed E-state index contributed by atoms with van der Waals surface area (Å²) in [6.07, 6.45) is 4.05. The molecule has 0 unspecified atom stereocenters. The molecule has 1 fully saturated rings. The second-order valence-electron chi connectivity index (χ2n) is 8.70. The zero-order chi connectivity index (χ0) is 25.9. The van der Waals surface area contributed by atoms with Gasteiger partial charge in [0.15, 0.2) is 12.4 Å². The van der Waals surface area contributed by atoms with Gasteiger partial charge in [-0.3, -0.25) is 9.59 Å². The Labute approximate surface area is 215 Å². The van der Waals surface area contributed by atoms with Crippen molar-refractivity contribution in [1.82, 2.24) is 9.78 Å². The predicted octanol–water partition coefficient (Wildman–Crippen LogP) is 5.17. The monoisotopic (exact) mass is 529 g/mol. The molecule has 2 heterocycles. The SMILES string of the molecule is COc1ccc(C(=O)c2cnn(C)c2OCC(=O)c2ccc(C)cc2)c(Cl)c1N=S1(=O)CCCCC1. The number of hydrogen-bond donors (Lipinski definition) is 0. The number of ketones is 2. The van der Waals surface area contributed by atoms with Crippen LogP contribution in [0.2, 0.25) is 5.02 Å². The minimum absolute atomic E-state index is 0.0539. The van der Waals surface area contributed by atoms with Crippen molar-refractivity contribution < 1.29 is 23.3 Å². The van der Waals surface area contributed by atoms with Gasteiger partial charge in [-0.1, -0.05) is 47.9 Å². The molecule has 10 heteroatoms. The largest absolute Gasteiger partial charge is 0.494 e. The first-order valence-corrected chi connectivity index (χ1v) is 13.8. The number of ether oxygens (including phenoxy) is 2. The molecule has 0 spiro atoms. The lowest BCUT2D eigenvalue weighted by Gasteiger charge is -2.17. The molecule has 36 heavy (non-hydrogen) atoms. The molecule has 0 aliphatic carbocycles. The van der Waals surface area contributed by atoms with Crippen molar-refractivity contribution in [3.05, 3.63) is 69.9 Å². The van der Waals surface area contributed by atoms with E-state index in [1.54, 1.807) is 25.2 Å². The van der Waals surface area contributed by atoms with Crippen molar-refractivity contribution in [2.45, 2.75) is 26.2 Å². The van der Waals surface area contributed by atoms with Crippen LogP contribution in [0.5, 0.6) is 11.6 Å². The van der Waals surface area contributed by atoms with Crippen molar-refractivity contribution in [2.24, 2.45) is 11.4 Å². The van der Waals surface area contributed by atoms with Crippen LogP contribution < -0.4 is 9.47 Å². The summed E-state index contributed by atoms with van der Waals surface area (Å²) in [6, 6.07) is 10.3. The van der Waals surface area contributed by atoms with Gasteiger partial charge in [0.05, 0.1) is 28.1 Å². The van der Waals surface area contributed by atoms with Crippen LogP contribution in [0.4, 0.5) is 5.69 Å². The number of hydrogen-bond acceptors (Lipinski definition) is 7. The van der Waals surface area contributed by atoms with Crippen LogP contribution in [0, 0.1) is 6.92 Å². The van der Waals surface area contributed by atoms with E-state index in [2.05, 4.69) is 9.46 Å². The summed E-state index contributed by atoms with van der Waals surface area (Å²) < 4.78 is 30.3. The lowest BCUT2D eigenvalue weighted by Crippen LogP contribution is -2.16. The first-order valence-electron chi connectivity index (χ1n) is 11.6. The zero-order valence-corrected chi connectivity index (χ0v) is 22.0. The van der Waals surface area contributed by atoms with Crippen LogP contribution in [-0.2, 0) is 16.8 Å². The molecule has 4 rings (SSSR count). The number of nitrogens with zero attached hydrogens (tertiary/aromatic N) is 3. The molecule has 190 valence electrons. The lowest BCUT2D eigenvalue weighted by molar-refractivity contribution is 0.0908. The molecule has 8 nitrogen and oxygen atoms in total. The number of carbonyl (C=O) groups excluding carboxylic acids is 2. The second-order valence-corrected chi connectivity index (χ2v) is 11.6. The fourth-order valence-corrected chi connectivity index (χ4v) is 6.56. The van der Waals surface area contributed by atoms with Crippen LogP contribution in [-0.4, -0.2) is 50.8 Å². The summed E-state index contributed by atoms with van der Waals surface area (Å²) in [5.41, 5.74) is 2.06. The molecule has 3 aromatic rings. The summed E-state index contributed by atoms with van der Waals surface area (Å²) in [4.78, 5) is 26.1. The summed E-state index contributed by atoms with van der Waals surface area (Å²) in [5, 5.41) is 4.19. The van der Waals surface area contributed by atoms with Gasteiger partial charge in [0.2, 0.25) is 11.7 Å². The molecule has 1 saturated heterocycles. The number of Topliss-reactive ketones (excluding diaryl/α,β-unsaturated/α-hetero) is 1. The Kier molecular flexibility index (Phi) is 7.80. The lowest BCUT2D eigenvalue weighted by atomic mass is 10.0. The highest BCUT2D eigenvalue weighted by molar-refractivity contribution is 7.93. The number of aromatic nitrogens is 2. The highest BCUT2D eigenvalue weighted by Crippen LogP contribution is 2.40. The van der Waals surface area contributed by atoms with Crippen LogP contribution in [0.25, 0.3) is 0 Å². The Morgan fingerprint density at radius 1 is 1.08 bits per heavy atom. The van der Waals surface area contributed by atoms with Gasteiger partial charge >= 0.3 is 0 Å². The molecule has 1 aromatic heterocycles. The third-order valence-electron chi connectivity index (χ3n) is 6.07. The van der Waals surface area contributed by atoms with Gasteiger partial charge in [0.25, 0.3) is 0 Å². The van der Waals surface area contributed by atoms with Gasteiger partial charge in [0.1, 0.15) is 17.0 Å². The molecule has 0 amide bonds. The van der Waals surface area contributed by atoms with Gasteiger partial charge in [0, 0.05) is 29.7 Å². The predicted molar refractivity (Wildman–Crippen MR) is 139 cm³/mol. The number of benzene rings is 2. The number of rotatable bonds is 8. The fraction of sp³-hybridized carbons (Fsp3) is 0.346. The third kappa shape index (κ3) is 5.47. The van der Waals surface area contributed by atoms with E-state index in [1.165, 1.54) is 24.1 Å². The summed E-state index contributed by atoms with van der Waals surface area (Å²) >= 11 is 6.66. The van der Waals surface area contributed by atoms with E-state index in [-0.39, 0.29) is 40.1 Å². The van der Waals surface area contributed by atoms with E-state index >= 15 is 0 Å². The topological polar surface area (TPSA) is 99.8 Å². The molecule has 0 radical (unpaired) electrons. The summed E-state index contributed by atoms with van der Waals surface area (Å²) in [5.74, 6) is 0.777. The highest BCUT2D eigenvalue weighted by atomic mass is 35.5. The first-order chi connectivity index (χ1) is 17.2. The minimum Gasteiger partial charge on any atom is -0.494 e. The fourth-order valence-electron chi connectivity index (χ4n) is 4.02. The van der Waals surface area contributed by atoms with Crippen molar-refractivity contribution in [3.8, 4) is 11.6 Å². The summed E-state index contributed by atoms with van der Waals surface area (Å²) in [6.45, 7) is 1.68. The molecular weight excluding hydrogens is 502 g/mol. The number of methoxy groups -OCH3 is 1. The Morgan fingerprint density at radius 2 is 1.78 bits per heavy atom. The van der Waals surface area contributed by atoms with E-state index in [4.69, 9.17) is 21.1 Å². The maximum atomic E-state index is 13.5. The number of halogens is 1. The van der Waals surface area contributed by atoms with E-state index in [0.29, 0.717) is 22.8 Å². The van der Waals surface area contributed by atoms with Gasteiger partial charge in [-0.2, -0.15) is 9.46 Å². The molecule has 1 aliphatic heterocycles. The smallest absolute Gasteiger partial charge is 0.223 e. The minimum atomic E-state index is -2.49. The molecule has 0 atom stereocenters. The van der Waals surface area contributed by atoms with E-state index in [0.717, 1.165) is 24.8 Å². The molecular formula is C26H28ClN3O5S. The Hall–Kier alpha value is -3.17. The quantitative estimate of drug-likeness (QED) is 0.373. The van der Waals surface area contributed by atoms with Crippen LogP contribution in [0.3, 0.4) is 0 Å². The zero-order valence-electron chi connectivity index (χ0n) is 20.5. The molecule has 0 N–H and O–H groups in total. The van der Waals surface area contributed by atoms with Crippen LogP contribution in [0.1, 0.15) is 51.1 Å². The summed E-state index contributed by atoms with van der Waals surface area (Å²) in [7, 11) is 0.602. The normalized spacial score (nSPS) is 14.8. The molecule has 0 saturated carbocycles. The van der Waals surface area contributed by atoms with Crippen molar-refractivity contribution >= 4 is 38.6 Å². The number of carbonyl (C=O) groups is 2. The van der Waals surface area contributed by atoms with Crippen molar-refractivity contribution in [2.75, 3.05) is 25.2 Å². The Bertz CT molecular complexity index is 1410. The van der Waals surface area contributed by atoms with Gasteiger partial charge < -0.3 is 9.47 Å². The highest BCUT2D eigenvalue weighted by Gasteiger charge is 2.26. The Morgan fingerprint density at radius 3 is 2.44 bits per heavy atom. The standard InChI is InChI=1S/C26H28ClN3O5S/c1-17-7-9-18(10-8-17)21(31)16-35-26-20(15-28-30(26)2)25(32)19-11-12-22(34-3)24(23(19)27)29-36(33)13-5-4-6-14-36/h7-12,15H,4-6,13-14,16H2,1-3H3. The van der Waals surface area contributed by atoms with Crippen molar-refractivity contribution in [3.63, 3.8) is 0 Å². The van der Waals surface area contributed by atoms with Crippen molar-refractivity contribution in [1.29, 1.82) is 0 Å². The molecule has 2 aromatic carbocycles. The van der Waals surface area contributed by atoms with Gasteiger partial charge in [-0.25, -0.2) is 8.89 Å². The third-order valence-corrected chi connectivity index (χ3v) is 8.82. The van der Waals surface area contributed by atoms with E-state index < -0.39 is 15.5 Å². The van der Waals surface area contributed by atoms with Crippen LogP contribution >= 0.6 is 11.6 Å². The molecule has 0 bridgehead atoms. The Balaban J connectivity index is 1.64. The second kappa shape index (κ2) is 10.8. The first kappa shape index (κ1) is 25.9. The average molecular weight is 530 g/mol. The van der Waals surface area contributed by atoms with Crippen LogP contribution in [0.15, 0.2) is 47.0 Å². The van der Waals surface area contributed by atoms with E-state index in [1.807, 2.05) is 19.1 Å². The molecule has 1 aliphatic rings. The maximum Gasteiger partial charge on any atom is 0.223 e. The maximum absolute atomic E-state index is 13.5. The number of aryl methyl sites for hydroxylation is 2. The van der Waals surface area contributed by atoms with Gasteiger partial charge in [-0.05, 0) is 31.9 Å². The average Bonchev–Trinajstić information content (AvgIpc) is 3.24.